The van der Waals surface area contributed by atoms with Gasteiger partial charge in [0, 0.05) is 11.9 Å². The Morgan fingerprint density at radius 2 is 2.21 bits per heavy atom. The molecule has 3 rings (SSSR count). The van der Waals surface area contributed by atoms with Crippen LogP contribution in [0.5, 0.6) is 0 Å². The summed E-state index contributed by atoms with van der Waals surface area (Å²) in [6, 6.07) is 7.02. The van der Waals surface area contributed by atoms with E-state index in [0.29, 0.717) is 11.3 Å². The number of rotatable bonds is 2. The fourth-order valence-electron chi connectivity index (χ4n) is 2.23. The number of benzene rings is 1. The molecule has 1 aromatic carbocycles. The van der Waals surface area contributed by atoms with Crippen LogP contribution < -0.4 is 5.73 Å². The second kappa shape index (κ2) is 4.35. The first-order chi connectivity index (χ1) is 9.11. The fourth-order valence-corrected chi connectivity index (χ4v) is 3.09. The number of hydrogen-bond acceptors (Lipinski definition) is 3. The number of fused-ring (bicyclic) bond motifs is 1. The van der Waals surface area contributed by atoms with Crippen LogP contribution in [0.4, 0.5) is 9.39 Å². The van der Waals surface area contributed by atoms with Gasteiger partial charge in [-0.1, -0.05) is 13.0 Å². The van der Waals surface area contributed by atoms with E-state index in [1.54, 1.807) is 17.4 Å². The van der Waals surface area contributed by atoms with Crippen molar-refractivity contribution in [2.75, 3.05) is 5.73 Å². The minimum Gasteiger partial charge on any atom is -0.390 e. The van der Waals surface area contributed by atoms with Crippen molar-refractivity contribution in [1.29, 1.82) is 0 Å². The summed E-state index contributed by atoms with van der Waals surface area (Å²) < 4.78 is 15.6. The van der Waals surface area contributed by atoms with Crippen molar-refractivity contribution < 1.29 is 4.39 Å². The molecule has 0 spiro atoms. The fraction of sp³-hybridized carbons (Fsp3) is 0.214. The molecular weight excluding hydrogens is 261 g/mol. The molecule has 2 N–H and O–H groups in total. The Morgan fingerprint density at radius 1 is 1.42 bits per heavy atom. The van der Waals surface area contributed by atoms with Crippen LogP contribution in [0.2, 0.25) is 0 Å². The summed E-state index contributed by atoms with van der Waals surface area (Å²) in [6.07, 6.45) is 0.938. The van der Waals surface area contributed by atoms with E-state index < -0.39 is 0 Å². The van der Waals surface area contributed by atoms with Crippen molar-refractivity contribution in [3.05, 3.63) is 35.0 Å². The van der Waals surface area contributed by atoms with Crippen LogP contribution in [0, 0.1) is 5.82 Å². The molecular formula is C14H14FN3S. The van der Waals surface area contributed by atoms with Gasteiger partial charge in [0.25, 0.3) is 0 Å². The van der Waals surface area contributed by atoms with Gasteiger partial charge in [0.1, 0.15) is 11.3 Å². The highest BCUT2D eigenvalue weighted by atomic mass is 32.1. The first kappa shape index (κ1) is 12.2. The lowest BCUT2D eigenvalue weighted by Crippen LogP contribution is -1.93. The number of nitrogen functional groups attached to an aromatic ring is 1. The molecule has 0 unspecified atom stereocenters. The van der Waals surface area contributed by atoms with Crippen molar-refractivity contribution in [3.8, 4) is 11.4 Å². The molecule has 0 saturated carbocycles. The monoisotopic (exact) mass is 275 g/mol. The van der Waals surface area contributed by atoms with Crippen molar-refractivity contribution >= 4 is 27.4 Å². The Bertz CT molecular complexity index is 757. The van der Waals surface area contributed by atoms with Gasteiger partial charge in [-0.3, -0.25) is 0 Å². The Kier molecular flexibility index (Phi) is 2.78. The predicted molar refractivity (Wildman–Crippen MR) is 77.8 cm³/mol. The quantitative estimate of drug-likeness (QED) is 0.776. The van der Waals surface area contributed by atoms with Crippen molar-refractivity contribution in [3.63, 3.8) is 0 Å². The van der Waals surface area contributed by atoms with Crippen LogP contribution in [0.15, 0.2) is 24.3 Å². The number of imidazole rings is 1. The summed E-state index contributed by atoms with van der Waals surface area (Å²) in [4.78, 5) is 5.61. The number of halogens is 1. The van der Waals surface area contributed by atoms with E-state index in [2.05, 4.69) is 11.9 Å². The highest BCUT2D eigenvalue weighted by molar-refractivity contribution is 7.16. The summed E-state index contributed by atoms with van der Waals surface area (Å²) >= 11 is 1.56. The van der Waals surface area contributed by atoms with Gasteiger partial charge in [-0.05, 0) is 24.6 Å². The van der Waals surface area contributed by atoms with Crippen LogP contribution in [-0.4, -0.2) is 9.55 Å². The largest absolute Gasteiger partial charge is 0.390 e. The third-order valence-electron chi connectivity index (χ3n) is 3.26. The number of para-hydroxylation sites is 1. The van der Waals surface area contributed by atoms with E-state index in [0.717, 1.165) is 22.5 Å². The highest BCUT2D eigenvalue weighted by Crippen LogP contribution is 2.35. The Hall–Kier alpha value is -1.88. The number of hydrogen-bond donors (Lipinski definition) is 1. The molecule has 5 heteroatoms. The van der Waals surface area contributed by atoms with Gasteiger partial charge in [0.15, 0.2) is 5.82 Å². The summed E-state index contributed by atoms with van der Waals surface area (Å²) in [6.45, 7) is 2.09. The zero-order valence-corrected chi connectivity index (χ0v) is 11.6. The Labute approximate surface area is 114 Å². The summed E-state index contributed by atoms with van der Waals surface area (Å²) in [7, 11) is 1.88. The molecule has 0 fully saturated rings. The molecule has 19 heavy (non-hydrogen) atoms. The topological polar surface area (TPSA) is 43.8 Å². The van der Waals surface area contributed by atoms with E-state index in [1.165, 1.54) is 10.9 Å². The summed E-state index contributed by atoms with van der Waals surface area (Å²) in [5.74, 6) is 0.414. The zero-order chi connectivity index (χ0) is 13.6. The smallest absolute Gasteiger partial charge is 0.151 e. The SMILES string of the molecule is CCc1cc(-c2nc3c(F)cccc3n2C)c(N)s1. The maximum Gasteiger partial charge on any atom is 0.151 e. The van der Waals surface area contributed by atoms with E-state index in [9.17, 15) is 4.39 Å². The average Bonchev–Trinajstić information content (AvgIpc) is 2.92. The third kappa shape index (κ3) is 1.81. The molecule has 2 aromatic heterocycles. The predicted octanol–water partition coefficient (Wildman–Crippen LogP) is 3.59. The van der Waals surface area contributed by atoms with E-state index in [-0.39, 0.29) is 5.82 Å². The number of aryl methyl sites for hydroxylation is 2. The maximum atomic E-state index is 13.8. The zero-order valence-electron chi connectivity index (χ0n) is 10.8. The summed E-state index contributed by atoms with van der Waals surface area (Å²) in [5.41, 5.74) is 8.11. The van der Waals surface area contributed by atoms with E-state index in [4.69, 9.17) is 5.73 Å². The molecule has 0 aliphatic rings. The first-order valence-electron chi connectivity index (χ1n) is 6.11. The highest BCUT2D eigenvalue weighted by Gasteiger charge is 2.16. The molecule has 98 valence electrons. The van der Waals surface area contributed by atoms with Crippen molar-refractivity contribution in [2.45, 2.75) is 13.3 Å². The van der Waals surface area contributed by atoms with Crippen LogP contribution in [0.25, 0.3) is 22.4 Å². The molecule has 3 nitrogen and oxygen atoms in total. The van der Waals surface area contributed by atoms with Gasteiger partial charge in [0.2, 0.25) is 0 Å². The molecule has 0 aliphatic carbocycles. The van der Waals surface area contributed by atoms with Crippen molar-refractivity contribution in [2.24, 2.45) is 7.05 Å². The van der Waals surface area contributed by atoms with Gasteiger partial charge in [-0.25, -0.2) is 9.37 Å². The van der Waals surface area contributed by atoms with Crippen LogP contribution in [0.3, 0.4) is 0 Å². The molecule has 0 bridgehead atoms. The molecule has 0 aliphatic heterocycles. The van der Waals surface area contributed by atoms with Gasteiger partial charge in [-0.2, -0.15) is 0 Å². The van der Waals surface area contributed by atoms with Crippen LogP contribution in [0.1, 0.15) is 11.8 Å². The van der Waals surface area contributed by atoms with E-state index >= 15 is 0 Å². The molecule has 0 saturated heterocycles. The van der Waals surface area contributed by atoms with Crippen LogP contribution >= 0.6 is 11.3 Å². The minimum atomic E-state index is -0.302. The van der Waals surface area contributed by atoms with Gasteiger partial charge >= 0.3 is 0 Å². The first-order valence-corrected chi connectivity index (χ1v) is 6.93. The third-order valence-corrected chi connectivity index (χ3v) is 4.37. The molecule has 0 atom stereocenters. The number of anilines is 1. The number of aromatic nitrogens is 2. The lowest BCUT2D eigenvalue weighted by molar-refractivity contribution is 0.637. The van der Waals surface area contributed by atoms with Crippen LogP contribution in [-0.2, 0) is 13.5 Å². The molecule has 0 radical (unpaired) electrons. The number of thiophene rings is 1. The minimum absolute atomic E-state index is 0.302. The summed E-state index contributed by atoms with van der Waals surface area (Å²) in [5, 5.41) is 0.732. The lowest BCUT2D eigenvalue weighted by Gasteiger charge is -2.00. The van der Waals surface area contributed by atoms with Gasteiger partial charge < -0.3 is 10.3 Å². The Balaban J connectivity index is 2.27. The average molecular weight is 275 g/mol. The normalized spacial score (nSPS) is 11.3. The number of nitrogens with two attached hydrogens (primary N) is 1. The molecule has 2 heterocycles. The van der Waals surface area contributed by atoms with Gasteiger partial charge in [0.05, 0.1) is 16.1 Å². The second-order valence-electron chi connectivity index (χ2n) is 4.45. The number of nitrogens with zero attached hydrogens (tertiary/aromatic N) is 2. The Morgan fingerprint density at radius 3 is 2.84 bits per heavy atom. The molecule has 3 aromatic rings. The second-order valence-corrected chi connectivity index (χ2v) is 5.61. The standard InChI is InChI=1S/C14H14FN3S/c1-3-8-7-9(13(16)19-8)14-17-12-10(15)5-4-6-11(12)18(14)2/h4-7H,3,16H2,1-2H3. The van der Waals surface area contributed by atoms with E-state index in [1.807, 2.05) is 23.7 Å². The molecule has 0 amide bonds. The van der Waals surface area contributed by atoms with Crippen molar-refractivity contribution in [1.82, 2.24) is 9.55 Å². The maximum absolute atomic E-state index is 13.8. The van der Waals surface area contributed by atoms with Gasteiger partial charge in [-0.15, -0.1) is 11.3 Å². The lowest BCUT2D eigenvalue weighted by atomic mass is 10.2.